The number of aromatic nitrogens is 2. The number of hydrogen-bond donors (Lipinski definition) is 4. The molecule has 0 aliphatic carbocycles. The largest absolute Gasteiger partial charge is 0.383 e. The second-order valence-corrected chi connectivity index (χ2v) is 5.54. The van der Waals surface area contributed by atoms with E-state index in [-0.39, 0.29) is 31.2 Å². The zero-order chi connectivity index (χ0) is 19.7. The minimum absolute atomic E-state index is 0.00944. The van der Waals surface area contributed by atoms with Crippen LogP contribution in [0.15, 0.2) is 9.59 Å². The highest BCUT2D eigenvalue weighted by Gasteiger charge is 2.21. The van der Waals surface area contributed by atoms with Crippen molar-refractivity contribution < 1.29 is 14.3 Å². The molecule has 5 N–H and O–H groups in total. The number of unbranched alkanes of at least 4 members (excludes halogenated alkanes) is 1. The third-order valence-corrected chi connectivity index (χ3v) is 3.65. The number of nitrogens with one attached hydrogen (secondary N) is 3. The van der Waals surface area contributed by atoms with Crippen molar-refractivity contribution in [2.75, 3.05) is 44.5 Å². The van der Waals surface area contributed by atoms with Gasteiger partial charge in [-0.3, -0.25) is 24.5 Å². The van der Waals surface area contributed by atoms with E-state index >= 15 is 0 Å². The first kappa shape index (κ1) is 21.2. The summed E-state index contributed by atoms with van der Waals surface area (Å²) in [6, 6.07) is -0.670. The van der Waals surface area contributed by atoms with Crippen LogP contribution in [0.25, 0.3) is 0 Å². The standard InChI is InChI=1S/C15H26N6O5/c1-4-5-6-21-12(16)11(13(23)19-15(21)25)20(7-8-26-3)9-10(22)18-14(24)17-2/h4-9,16H2,1-3H3,(H,19,23,25)(H2,17,18,22,24). The van der Waals surface area contributed by atoms with Crippen LogP contribution in [0.5, 0.6) is 0 Å². The van der Waals surface area contributed by atoms with Gasteiger partial charge in [-0.1, -0.05) is 13.3 Å². The molecule has 1 rings (SSSR count). The highest BCUT2D eigenvalue weighted by molar-refractivity contribution is 5.96. The zero-order valence-corrected chi connectivity index (χ0v) is 15.3. The van der Waals surface area contributed by atoms with Crippen molar-refractivity contribution in [3.63, 3.8) is 0 Å². The van der Waals surface area contributed by atoms with Gasteiger partial charge in [0.1, 0.15) is 11.5 Å². The maximum atomic E-state index is 12.3. The van der Waals surface area contributed by atoms with Crippen LogP contribution in [0.1, 0.15) is 19.8 Å². The van der Waals surface area contributed by atoms with Crippen LogP contribution in [0.2, 0.25) is 0 Å². The molecule has 11 heteroatoms. The van der Waals surface area contributed by atoms with Crippen molar-refractivity contribution in [3.8, 4) is 0 Å². The molecule has 0 spiro atoms. The van der Waals surface area contributed by atoms with Crippen LogP contribution < -0.4 is 32.5 Å². The second kappa shape index (κ2) is 10.2. The van der Waals surface area contributed by atoms with Crippen molar-refractivity contribution in [2.45, 2.75) is 26.3 Å². The van der Waals surface area contributed by atoms with Crippen LogP contribution >= 0.6 is 0 Å². The summed E-state index contributed by atoms with van der Waals surface area (Å²) < 4.78 is 6.26. The lowest BCUT2D eigenvalue weighted by Gasteiger charge is -2.25. The number of urea groups is 1. The van der Waals surface area contributed by atoms with E-state index in [2.05, 4.69) is 15.6 Å². The highest BCUT2D eigenvalue weighted by Crippen LogP contribution is 2.16. The Hall–Kier alpha value is -2.82. The molecule has 0 unspecified atom stereocenters. The molecule has 0 fully saturated rings. The third kappa shape index (κ3) is 5.62. The van der Waals surface area contributed by atoms with Crippen molar-refractivity contribution in [1.82, 2.24) is 20.2 Å². The molecule has 1 aromatic heterocycles. The summed E-state index contributed by atoms with van der Waals surface area (Å²) in [5, 5.41) is 4.37. The quantitative estimate of drug-likeness (QED) is 0.427. The molecule has 26 heavy (non-hydrogen) atoms. The Bertz CT molecular complexity index is 741. The first-order valence-corrected chi connectivity index (χ1v) is 8.23. The summed E-state index contributed by atoms with van der Waals surface area (Å²) in [6.07, 6.45) is 1.53. The third-order valence-electron chi connectivity index (χ3n) is 3.65. The monoisotopic (exact) mass is 370 g/mol. The van der Waals surface area contributed by atoms with Crippen LogP contribution in [0.4, 0.5) is 16.3 Å². The van der Waals surface area contributed by atoms with Gasteiger partial charge in [0.2, 0.25) is 5.91 Å². The normalized spacial score (nSPS) is 10.4. The number of carbonyl (C=O) groups excluding carboxylic acids is 2. The van der Waals surface area contributed by atoms with Crippen LogP contribution in [-0.2, 0) is 16.1 Å². The van der Waals surface area contributed by atoms with Gasteiger partial charge in [-0.2, -0.15) is 0 Å². The van der Waals surface area contributed by atoms with Gasteiger partial charge in [0.05, 0.1) is 13.2 Å². The number of nitrogens with zero attached hydrogens (tertiary/aromatic N) is 2. The smallest absolute Gasteiger partial charge is 0.330 e. The number of methoxy groups -OCH3 is 1. The second-order valence-electron chi connectivity index (χ2n) is 5.54. The Labute approximate surface area is 150 Å². The average molecular weight is 370 g/mol. The van der Waals surface area contributed by atoms with Gasteiger partial charge in [-0.05, 0) is 6.42 Å². The molecular formula is C15H26N6O5. The Morgan fingerprint density at radius 3 is 2.62 bits per heavy atom. The maximum Gasteiger partial charge on any atom is 0.330 e. The number of ether oxygens (including phenoxy) is 1. The predicted molar refractivity (Wildman–Crippen MR) is 97.3 cm³/mol. The van der Waals surface area contributed by atoms with Crippen LogP contribution in [-0.4, -0.2) is 55.3 Å². The van der Waals surface area contributed by atoms with Crippen molar-refractivity contribution in [3.05, 3.63) is 20.8 Å². The Morgan fingerprint density at radius 2 is 2.04 bits per heavy atom. The number of hydrogen-bond acceptors (Lipinski definition) is 7. The SMILES string of the molecule is CCCCn1c(N)c(N(CCOC)CC(=O)NC(=O)NC)c(=O)[nH]c1=O. The molecule has 3 amide bonds. The van der Waals surface area contributed by atoms with Crippen LogP contribution in [0, 0.1) is 0 Å². The number of amides is 3. The molecule has 0 radical (unpaired) electrons. The van der Waals surface area contributed by atoms with E-state index in [9.17, 15) is 19.2 Å². The molecule has 0 aliphatic rings. The number of imide groups is 1. The number of nitrogens with two attached hydrogens (primary N) is 1. The summed E-state index contributed by atoms with van der Waals surface area (Å²) >= 11 is 0. The molecule has 0 aliphatic heterocycles. The molecule has 0 aromatic carbocycles. The first-order valence-electron chi connectivity index (χ1n) is 8.23. The summed E-state index contributed by atoms with van der Waals surface area (Å²) in [7, 11) is 2.84. The summed E-state index contributed by atoms with van der Waals surface area (Å²) in [6.45, 7) is 2.36. The molecule has 146 valence electrons. The van der Waals surface area contributed by atoms with Gasteiger partial charge in [-0.25, -0.2) is 9.59 Å². The van der Waals surface area contributed by atoms with Gasteiger partial charge in [0.25, 0.3) is 5.56 Å². The van der Waals surface area contributed by atoms with E-state index < -0.39 is 23.2 Å². The minimum Gasteiger partial charge on any atom is -0.383 e. The number of carbonyl (C=O) groups is 2. The lowest BCUT2D eigenvalue weighted by molar-refractivity contribution is -0.118. The summed E-state index contributed by atoms with van der Waals surface area (Å²) in [5.74, 6) is -0.665. The maximum absolute atomic E-state index is 12.3. The Balaban J connectivity index is 3.24. The van der Waals surface area contributed by atoms with E-state index in [0.717, 1.165) is 6.42 Å². The van der Waals surface area contributed by atoms with Crippen molar-refractivity contribution >= 4 is 23.4 Å². The number of nitrogen functional groups attached to an aromatic ring is 1. The molecule has 1 aromatic rings. The first-order chi connectivity index (χ1) is 12.3. The topological polar surface area (TPSA) is 152 Å². The fraction of sp³-hybridized carbons (Fsp3) is 0.600. The molecule has 0 bridgehead atoms. The molecule has 1 heterocycles. The number of aromatic amines is 1. The number of H-pyrrole nitrogens is 1. The molecule has 0 saturated heterocycles. The Kier molecular flexibility index (Phi) is 8.35. The van der Waals surface area contributed by atoms with Gasteiger partial charge < -0.3 is 20.7 Å². The van der Waals surface area contributed by atoms with E-state index in [4.69, 9.17) is 10.5 Å². The van der Waals surface area contributed by atoms with E-state index in [1.165, 1.54) is 23.6 Å². The van der Waals surface area contributed by atoms with Gasteiger partial charge >= 0.3 is 11.7 Å². The Morgan fingerprint density at radius 1 is 1.35 bits per heavy atom. The fourth-order valence-electron chi connectivity index (χ4n) is 2.29. The highest BCUT2D eigenvalue weighted by atomic mass is 16.5. The fourth-order valence-corrected chi connectivity index (χ4v) is 2.29. The molecule has 0 saturated carbocycles. The molecule has 11 nitrogen and oxygen atoms in total. The summed E-state index contributed by atoms with van der Waals surface area (Å²) in [4.78, 5) is 51.2. The lowest BCUT2D eigenvalue weighted by Crippen LogP contribution is -2.47. The lowest BCUT2D eigenvalue weighted by atomic mass is 10.3. The predicted octanol–water partition coefficient (Wildman–Crippen LogP) is -1.17. The minimum atomic E-state index is -0.705. The van der Waals surface area contributed by atoms with Gasteiger partial charge in [0, 0.05) is 27.2 Å². The van der Waals surface area contributed by atoms with Crippen LogP contribution in [0.3, 0.4) is 0 Å². The number of rotatable bonds is 9. The van der Waals surface area contributed by atoms with E-state index in [0.29, 0.717) is 13.0 Å². The van der Waals surface area contributed by atoms with E-state index in [1.54, 1.807) is 0 Å². The number of anilines is 2. The molecule has 0 atom stereocenters. The summed E-state index contributed by atoms with van der Waals surface area (Å²) in [5.41, 5.74) is 4.73. The van der Waals surface area contributed by atoms with Crippen molar-refractivity contribution in [2.24, 2.45) is 0 Å². The van der Waals surface area contributed by atoms with Gasteiger partial charge in [-0.15, -0.1) is 0 Å². The average Bonchev–Trinajstić information content (AvgIpc) is 2.58. The van der Waals surface area contributed by atoms with Gasteiger partial charge in [0.15, 0.2) is 0 Å². The molecular weight excluding hydrogens is 344 g/mol. The van der Waals surface area contributed by atoms with E-state index in [1.807, 2.05) is 6.92 Å². The zero-order valence-electron chi connectivity index (χ0n) is 15.3. The van der Waals surface area contributed by atoms with Crippen molar-refractivity contribution in [1.29, 1.82) is 0 Å².